The third-order valence-corrected chi connectivity index (χ3v) is 10.5. The summed E-state index contributed by atoms with van der Waals surface area (Å²) in [5, 5.41) is 0.661. The third kappa shape index (κ3) is 6.06. The fourth-order valence-electron chi connectivity index (χ4n) is 3.64. The van der Waals surface area contributed by atoms with Gasteiger partial charge in [-0.3, -0.25) is 9.52 Å². The molecular weight excluding hydrogens is 640 g/mol. The maximum Gasteiger partial charge on any atom is 0.281 e. The van der Waals surface area contributed by atoms with Crippen LogP contribution in [0.15, 0.2) is 22.6 Å². The van der Waals surface area contributed by atoms with Crippen LogP contribution in [-0.2, 0) is 38.5 Å². The molecule has 0 saturated heterocycles. The molecule has 0 unspecified atom stereocenters. The molecule has 196 valence electrons. The second-order valence-electron chi connectivity index (χ2n) is 7.86. The van der Waals surface area contributed by atoms with Gasteiger partial charge in [-0.1, -0.05) is 34.3 Å². The van der Waals surface area contributed by atoms with Crippen molar-refractivity contribution in [3.8, 4) is 5.88 Å². The maximum absolute atomic E-state index is 12.3. The predicted molar refractivity (Wildman–Crippen MR) is 141 cm³/mol. The lowest BCUT2D eigenvalue weighted by Crippen LogP contribution is -2.41. The van der Waals surface area contributed by atoms with Crippen LogP contribution in [0.25, 0.3) is 15.6 Å². The number of sulfonamides is 1. The van der Waals surface area contributed by atoms with Crippen LogP contribution in [0.4, 0.5) is 5.69 Å². The van der Waals surface area contributed by atoms with Crippen molar-refractivity contribution in [2.75, 3.05) is 23.0 Å². The number of carbonyl (C=O) groups excluding carboxylic acids is 1. The zero-order valence-corrected chi connectivity index (χ0v) is 24.5. The average Bonchev–Trinajstić information content (AvgIpc) is 3.41. The number of fused-ring (bicyclic) bond motifs is 2. The fourth-order valence-corrected chi connectivity index (χ4v) is 8.11. The molecule has 0 bridgehead atoms. The highest BCUT2D eigenvalue weighted by molar-refractivity contribution is 9.10. The minimum atomic E-state index is -4.37. The van der Waals surface area contributed by atoms with Crippen molar-refractivity contribution in [2.45, 2.75) is 19.9 Å². The molecule has 11 nitrogen and oxygen atoms in total. The molecule has 36 heavy (non-hydrogen) atoms. The Morgan fingerprint density at radius 3 is 2.67 bits per heavy atom. The Morgan fingerprint density at radius 2 is 2.00 bits per heavy atom. The van der Waals surface area contributed by atoms with Gasteiger partial charge >= 0.3 is 0 Å². The van der Waals surface area contributed by atoms with Crippen molar-refractivity contribution in [3.05, 3.63) is 32.0 Å². The second kappa shape index (κ2) is 10.2. The Labute approximate surface area is 228 Å². The molecule has 1 amide bonds. The van der Waals surface area contributed by atoms with Crippen LogP contribution in [-0.4, -0.2) is 49.9 Å². The van der Waals surface area contributed by atoms with E-state index in [1.807, 2.05) is 10.8 Å². The third-order valence-electron chi connectivity index (χ3n) is 5.14. The average molecular weight is 660 g/mol. The SMILES string of the molecule is CC(=O)NS(=O)(=O)CC[n+]1c(C=C2Oc3c(cc(Br)n3C)N2CCCS(=O)(=O)[O-])sc2cc(Cl)sc21. The van der Waals surface area contributed by atoms with E-state index in [4.69, 9.17) is 16.3 Å². The Bertz CT molecular complexity index is 1590. The zero-order valence-electron chi connectivity index (χ0n) is 18.9. The van der Waals surface area contributed by atoms with Gasteiger partial charge < -0.3 is 18.8 Å². The van der Waals surface area contributed by atoms with Crippen LogP contribution in [0, 0.1) is 0 Å². The number of anilines is 1. The molecule has 1 N–H and O–H groups in total. The first-order valence-corrected chi connectivity index (χ1v) is 16.4. The Kier molecular flexibility index (Phi) is 7.77. The van der Waals surface area contributed by atoms with Crippen LogP contribution in [0.3, 0.4) is 0 Å². The lowest BCUT2D eigenvalue weighted by atomic mass is 10.3. The lowest BCUT2D eigenvalue weighted by molar-refractivity contribution is -0.662. The smallest absolute Gasteiger partial charge is 0.281 e. The number of carbonyl (C=O) groups is 1. The van der Waals surface area contributed by atoms with E-state index < -0.39 is 31.8 Å². The summed E-state index contributed by atoms with van der Waals surface area (Å²) in [4.78, 5) is 13.8. The summed E-state index contributed by atoms with van der Waals surface area (Å²) in [6.07, 6.45) is 1.82. The number of aryl methyl sites for hydroxylation is 1. The number of halogens is 2. The highest BCUT2D eigenvalue weighted by atomic mass is 79.9. The summed E-state index contributed by atoms with van der Waals surface area (Å²) >= 11 is 12.3. The molecule has 0 saturated carbocycles. The van der Waals surface area contributed by atoms with Crippen molar-refractivity contribution in [2.24, 2.45) is 7.05 Å². The predicted octanol–water partition coefficient (Wildman–Crippen LogP) is 2.60. The van der Waals surface area contributed by atoms with Gasteiger partial charge in [0, 0.05) is 26.3 Å². The number of hydrogen-bond donors (Lipinski definition) is 1. The van der Waals surface area contributed by atoms with E-state index >= 15 is 0 Å². The summed E-state index contributed by atoms with van der Waals surface area (Å²) in [5.41, 5.74) is 0.695. The quantitative estimate of drug-likeness (QED) is 0.273. The van der Waals surface area contributed by atoms with Gasteiger partial charge in [-0.2, -0.15) is 4.57 Å². The van der Waals surface area contributed by atoms with Gasteiger partial charge in [-0.15, -0.1) is 0 Å². The summed E-state index contributed by atoms with van der Waals surface area (Å²) in [6.45, 7) is 1.38. The van der Waals surface area contributed by atoms with Crippen LogP contribution in [0.1, 0.15) is 18.4 Å². The molecule has 0 aliphatic carbocycles. The normalized spacial score (nSPS) is 15.0. The molecule has 4 heterocycles. The molecule has 3 aromatic rings. The van der Waals surface area contributed by atoms with Gasteiger partial charge in [0.2, 0.25) is 27.7 Å². The molecule has 0 aromatic carbocycles. The van der Waals surface area contributed by atoms with Gasteiger partial charge in [0.1, 0.15) is 20.5 Å². The van der Waals surface area contributed by atoms with Crippen LogP contribution in [0.2, 0.25) is 4.34 Å². The number of hydrogen-bond acceptors (Lipinski definition) is 10. The molecule has 0 fully saturated rings. The van der Waals surface area contributed by atoms with Crippen molar-refractivity contribution in [1.82, 2.24) is 9.29 Å². The standard InChI is InChI=1S/C19H20BrClN4O7S4/c1-11(26)22-35(27,28)7-5-25-17(33-13-9-15(21)34-19(13)25)10-16-24(4-3-6-36(29,30)31)12-8-14(20)23(2)18(12)32-16/h8-10H,3-7H2,1-2H3,(H-,22,26,29,30,31). The van der Waals surface area contributed by atoms with E-state index in [2.05, 4.69) is 15.9 Å². The van der Waals surface area contributed by atoms with Gasteiger partial charge in [0.25, 0.3) is 9.84 Å². The maximum atomic E-state index is 12.3. The van der Waals surface area contributed by atoms with E-state index in [0.29, 0.717) is 26.8 Å². The van der Waals surface area contributed by atoms with Crippen molar-refractivity contribution in [1.29, 1.82) is 0 Å². The molecular formula is C19H20BrClN4O7S4. The van der Waals surface area contributed by atoms with Gasteiger partial charge in [-0.25, -0.2) is 16.8 Å². The molecule has 4 rings (SSSR count). The summed E-state index contributed by atoms with van der Waals surface area (Å²) < 4.78 is 71.7. The minimum absolute atomic E-state index is 0.0471. The molecule has 17 heteroatoms. The van der Waals surface area contributed by atoms with Crippen molar-refractivity contribution < 1.29 is 35.5 Å². The van der Waals surface area contributed by atoms with Gasteiger partial charge in [0.15, 0.2) is 6.54 Å². The molecule has 0 atom stereocenters. The number of thiophene rings is 1. The number of aromatic nitrogens is 2. The molecule has 0 radical (unpaired) electrons. The number of nitrogens with zero attached hydrogens (tertiary/aromatic N) is 3. The lowest BCUT2D eigenvalue weighted by Gasteiger charge is -2.18. The number of ether oxygens (including phenoxy) is 1. The van der Waals surface area contributed by atoms with E-state index in [1.165, 1.54) is 22.7 Å². The first-order chi connectivity index (χ1) is 16.7. The Hall–Kier alpha value is -1.69. The highest BCUT2D eigenvalue weighted by Crippen LogP contribution is 2.43. The monoisotopic (exact) mass is 658 g/mol. The zero-order chi connectivity index (χ0) is 26.4. The van der Waals surface area contributed by atoms with E-state index in [1.54, 1.807) is 33.2 Å². The van der Waals surface area contributed by atoms with E-state index in [9.17, 15) is 26.2 Å². The van der Waals surface area contributed by atoms with Gasteiger partial charge in [-0.05, 0) is 34.5 Å². The van der Waals surface area contributed by atoms with Crippen LogP contribution >= 0.6 is 50.2 Å². The second-order valence-corrected chi connectivity index (χ2v) is 14.8. The topological polar surface area (TPSA) is 142 Å². The molecule has 1 aliphatic heterocycles. The first-order valence-electron chi connectivity index (χ1n) is 10.3. The fraction of sp³-hybridized carbons (Fsp3) is 0.368. The number of thiazole rings is 1. The van der Waals surface area contributed by atoms with E-state index in [0.717, 1.165) is 21.1 Å². The van der Waals surface area contributed by atoms with Crippen LogP contribution in [0.5, 0.6) is 5.88 Å². The Balaban J connectivity index is 1.71. The largest absolute Gasteiger partial charge is 0.748 e. The Morgan fingerprint density at radius 1 is 1.28 bits per heavy atom. The highest BCUT2D eigenvalue weighted by Gasteiger charge is 2.33. The first kappa shape index (κ1) is 27.3. The molecule has 1 aliphatic rings. The van der Waals surface area contributed by atoms with Crippen LogP contribution < -0.4 is 18.9 Å². The van der Waals surface area contributed by atoms with Gasteiger partial charge in [0.05, 0.1) is 20.8 Å². The number of rotatable bonds is 9. The summed E-state index contributed by atoms with van der Waals surface area (Å²) in [6, 6.07) is 3.61. The minimum Gasteiger partial charge on any atom is -0.748 e. The summed E-state index contributed by atoms with van der Waals surface area (Å²) in [5.74, 6) is -0.609. The number of nitrogens with one attached hydrogen (secondary N) is 1. The van der Waals surface area contributed by atoms with Crippen molar-refractivity contribution in [3.63, 3.8) is 0 Å². The van der Waals surface area contributed by atoms with E-state index in [-0.39, 0.29) is 25.3 Å². The molecule has 3 aromatic heterocycles. The summed E-state index contributed by atoms with van der Waals surface area (Å²) in [7, 11) is -6.43. The number of amides is 1. The molecule has 0 spiro atoms. The van der Waals surface area contributed by atoms with Crippen molar-refractivity contribution >= 4 is 97.5 Å².